The fourth-order valence-corrected chi connectivity index (χ4v) is 2.44. The minimum Gasteiger partial charge on any atom is -0.457 e. The SMILES string of the molecule is Fc1cccc(Oc2ccc(-c3nc4ccccc4[nH]3)cc2)c1. The van der Waals surface area contributed by atoms with Crippen molar-refractivity contribution >= 4 is 11.0 Å². The molecule has 0 unspecified atom stereocenters. The maximum Gasteiger partial charge on any atom is 0.138 e. The summed E-state index contributed by atoms with van der Waals surface area (Å²) in [6.45, 7) is 0. The Bertz CT molecular complexity index is 927. The van der Waals surface area contributed by atoms with Gasteiger partial charge in [0.05, 0.1) is 11.0 Å². The van der Waals surface area contributed by atoms with Crippen molar-refractivity contribution in [2.45, 2.75) is 0 Å². The van der Waals surface area contributed by atoms with Gasteiger partial charge in [0.25, 0.3) is 0 Å². The van der Waals surface area contributed by atoms with Crippen molar-refractivity contribution in [3.05, 3.63) is 78.6 Å². The second-order valence-electron chi connectivity index (χ2n) is 5.19. The van der Waals surface area contributed by atoms with E-state index in [1.807, 2.05) is 48.5 Å². The number of hydrogen-bond acceptors (Lipinski definition) is 2. The summed E-state index contributed by atoms with van der Waals surface area (Å²) in [6.07, 6.45) is 0. The van der Waals surface area contributed by atoms with Gasteiger partial charge in [-0.05, 0) is 48.5 Å². The van der Waals surface area contributed by atoms with Gasteiger partial charge >= 0.3 is 0 Å². The summed E-state index contributed by atoms with van der Waals surface area (Å²) in [6, 6.07) is 21.5. The van der Waals surface area contributed by atoms with Gasteiger partial charge < -0.3 is 9.72 Å². The first-order chi connectivity index (χ1) is 11.3. The van der Waals surface area contributed by atoms with Crippen LogP contribution in [0.4, 0.5) is 4.39 Å². The molecule has 4 heteroatoms. The molecule has 1 aromatic heterocycles. The molecule has 4 aromatic rings. The van der Waals surface area contributed by atoms with Crippen LogP contribution in [0.15, 0.2) is 72.8 Å². The molecule has 3 aromatic carbocycles. The first-order valence-corrected chi connectivity index (χ1v) is 7.26. The molecule has 0 aliphatic carbocycles. The summed E-state index contributed by atoms with van der Waals surface area (Å²) in [5.74, 6) is 1.61. The van der Waals surface area contributed by atoms with E-state index < -0.39 is 0 Å². The van der Waals surface area contributed by atoms with Gasteiger partial charge in [-0.1, -0.05) is 18.2 Å². The number of ether oxygens (including phenoxy) is 1. The molecule has 0 radical (unpaired) electrons. The molecule has 1 heterocycles. The van der Waals surface area contributed by atoms with Crippen LogP contribution in [0, 0.1) is 5.82 Å². The molecule has 112 valence electrons. The van der Waals surface area contributed by atoms with Gasteiger partial charge in [0.1, 0.15) is 23.1 Å². The maximum absolute atomic E-state index is 13.2. The van der Waals surface area contributed by atoms with Crippen LogP contribution >= 0.6 is 0 Å². The predicted molar refractivity (Wildman–Crippen MR) is 88.0 cm³/mol. The zero-order valence-electron chi connectivity index (χ0n) is 12.2. The third kappa shape index (κ3) is 2.79. The first kappa shape index (κ1) is 13.5. The normalized spacial score (nSPS) is 10.8. The molecule has 0 saturated carbocycles. The summed E-state index contributed by atoms with van der Waals surface area (Å²) in [5.41, 5.74) is 2.90. The molecular formula is C19H13FN2O. The number of halogens is 1. The monoisotopic (exact) mass is 304 g/mol. The lowest BCUT2D eigenvalue weighted by atomic mass is 10.2. The summed E-state index contributed by atoms with van der Waals surface area (Å²) in [5, 5.41) is 0. The molecule has 0 bridgehead atoms. The number of H-pyrrole nitrogens is 1. The highest BCUT2D eigenvalue weighted by Gasteiger charge is 2.05. The number of nitrogens with one attached hydrogen (secondary N) is 1. The topological polar surface area (TPSA) is 37.9 Å². The molecule has 0 saturated heterocycles. The minimum absolute atomic E-state index is 0.318. The van der Waals surface area contributed by atoms with Crippen LogP contribution in [-0.4, -0.2) is 9.97 Å². The van der Waals surface area contributed by atoms with Crippen molar-refractivity contribution in [3.63, 3.8) is 0 Å². The number of rotatable bonds is 3. The zero-order chi connectivity index (χ0) is 15.6. The molecule has 0 fully saturated rings. The molecule has 23 heavy (non-hydrogen) atoms. The number of imidazole rings is 1. The van der Waals surface area contributed by atoms with E-state index in [0.717, 1.165) is 22.4 Å². The fraction of sp³-hybridized carbons (Fsp3) is 0. The second-order valence-corrected chi connectivity index (χ2v) is 5.19. The third-order valence-corrected chi connectivity index (χ3v) is 3.55. The van der Waals surface area contributed by atoms with Crippen LogP contribution in [0.1, 0.15) is 0 Å². The number of para-hydroxylation sites is 2. The minimum atomic E-state index is -0.318. The molecule has 4 rings (SSSR count). The van der Waals surface area contributed by atoms with Crippen molar-refractivity contribution in [3.8, 4) is 22.9 Å². The molecule has 0 aliphatic rings. The van der Waals surface area contributed by atoms with Crippen LogP contribution in [0.3, 0.4) is 0 Å². The van der Waals surface area contributed by atoms with E-state index in [4.69, 9.17) is 4.74 Å². The van der Waals surface area contributed by atoms with Gasteiger partial charge in [-0.2, -0.15) is 0 Å². The van der Waals surface area contributed by atoms with Crippen LogP contribution in [0.25, 0.3) is 22.4 Å². The Morgan fingerprint density at radius 3 is 2.43 bits per heavy atom. The molecule has 0 spiro atoms. The van der Waals surface area contributed by atoms with E-state index >= 15 is 0 Å². The van der Waals surface area contributed by atoms with E-state index in [1.165, 1.54) is 12.1 Å². The Morgan fingerprint density at radius 2 is 1.65 bits per heavy atom. The van der Waals surface area contributed by atoms with Gasteiger partial charge in [-0.15, -0.1) is 0 Å². The standard InChI is InChI=1S/C19H13FN2O/c20-14-4-3-5-16(12-14)23-15-10-8-13(9-11-15)19-21-17-6-1-2-7-18(17)22-19/h1-12H,(H,21,22). The van der Waals surface area contributed by atoms with Gasteiger partial charge in [-0.25, -0.2) is 9.37 Å². The van der Waals surface area contributed by atoms with Crippen LogP contribution in [0.2, 0.25) is 0 Å². The lowest BCUT2D eigenvalue weighted by molar-refractivity contribution is 0.477. The lowest BCUT2D eigenvalue weighted by Gasteiger charge is -2.06. The highest BCUT2D eigenvalue weighted by atomic mass is 19.1. The zero-order valence-corrected chi connectivity index (χ0v) is 12.2. The van der Waals surface area contributed by atoms with E-state index in [-0.39, 0.29) is 5.82 Å². The Hall–Kier alpha value is -3.14. The maximum atomic E-state index is 13.2. The van der Waals surface area contributed by atoms with Crippen molar-refractivity contribution in [1.82, 2.24) is 9.97 Å². The average Bonchev–Trinajstić information content (AvgIpc) is 2.99. The number of nitrogens with zero attached hydrogens (tertiary/aromatic N) is 1. The summed E-state index contributed by atoms with van der Waals surface area (Å²) < 4.78 is 18.8. The van der Waals surface area contributed by atoms with Crippen molar-refractivity contribution in [1.29, 1.82) is 0 Å². The van der Waals surface area contributed by atoms with Crippen molar-refractivity contribution < 1.29 is 9.13 Å². The quantitative estimate of drug-likeness (QED) is 0.567. The number of fused-ring (bicyclic) bond motifs is 1. The average molecular weight is 304 g/mol. The Labute approximate surface area is 132 Å². The molecule has 3 nitrogen and oxygen atoms in total. The molecule has 1 N–H and O–H groups in total. The van der Waals surface area contributed by atoms with E-state index in [1.54, 1.807) is 12.1 Å². The molecule has 0 atom stereocenters. The highest BCUT2D eigenvalue weighted by molar-refractivity contribution is 5.79. The number of aromatic nitrogens is 2. The predicted octanol–water partition coefficient (Wildman–Crippen LogP) is 5.16. The lowest BCUT2D eigenvalue weighted by Crippen LogP contribution is -1.86. The van der Waals surface area contributed by atoms with Gasteiger partial charge in [-0.3, -0.25) is 0 Å². The van der Waals surface area contributed by atoms with Crippen LogP contribution in [-0.2, 0) is 0 Å². The van der Waals surface area contributed by atoms with Crippen molar-refractivity contribution in [2.24, 2.45) is 0 Å². The van der Waals surface area contributed by atoms with E-state index in [2.05, 4.69) is 9.97 Å². The second kappa shape index (κ2) is 5.57. The summed E-state index contributed by atoms with van der Waals surface area (Å²) in [7, 11) is 0. The van der Waals surface area contributed by atoms with Crippen LogP contribution < -0.4 is 4.74 Å². The van der Waals surface area contributed by atoms with Crippen LogP contribution in [0.5, 0.6) is 11.5 Å². The Kier molecular flexibility index (Phi) is 3.27. The van der Waals surface area contributed by atoms with Gasteiger partial charge in [0.2, 0.25) is 0 Å². The third-order valence-electron chi connectivity index (χ3n) is 3.55. The number of aromatic amines is 1. The van der Waals surface area contributed by atoms with Gasteiger partial charge in [0.15, 0.2) is 0 Å². The Balaban J connectivity index is 1.60. The largest absolute Gasteiger partial charge is 0.457 e. The Morgan fingerprint density at radius 1 is 0.826 bits per heavy atom. The molecule has 0 amide bonds. The first-order valence-electron chi connectivity index (χ1n) is 7.26. The number of hydrogen-bond donors (Lipinski definition) is 1. The van der Waals surface area contributed by atoms with Gasteiger partial charge in [0, 0.05) is 11.6 Å². The highest BCUT2D eigenvalue weighted by Crippen LogP contribution is 2.26. The van der Waals surface area contributed by atoms with E-state index in [0.29, 0.717) is 11.5 Å². The van der Waals surface area contributed by atoms with Crippen molar-refractivity contribution in [2.75, 3.05) is 0 Å². The smallest absolute Gasteiger partial charge is 0.138 e. The molecule has 0 aliphatic heterocycles. The summed E-state index contributed by atoms with van der Waals surface area (Å²) in [4.78, 5) is 7.85. The fourth-order valence-electron chi connectivity index (χ4n) is 2.44. The number of benzene rings is 3. The van der Waals surface area contributed by atoms with E-state index in [9.17, 15) is 4.39 Å². The summed E-state index contributed by atoms with van der Waals surface area (Å²) >= 11 is 0. The molecular weight excluding hydrogens is 291 g/mol.